The first-order valence-electron chi connectivity index (χ1n) is 16.1. The lowest BCUT2D eigenvalue weighted by atomic mass is 9.80. The van der Waals surface area contributed by atoms with Crippen LogP contribution in [0.1, 0.15) is 25.0 Å². The molecule has 0 saturated carbocycles. The van der Waals surface area contributed by atoms with Crippen molar-refractivity contribution < 1.29 is 4.42 Å². The summed E-state index contributed by atoms with van der Waals surface area (Å²) in [5.41, 5.74) is 12.2. The van der Waals surface area contributed by atoms with Crippen molar-refractivity contribution in [3.8, 4) is 33.4 Å². The molecule has 216 valence electrons. The Hall–Kier alpha value is -5.66. The van der Waals surface area contributed by atoms with Crippen LogP contribution in [0.2, 0.25) is 0 Å². The third kappa shape index (κ3) is 3.30. The van der Waals surface area contributed by atoms with E-state index in [0.717, 1.165) is 22.1 Å². The SMILES string of the molecule is CC1(C)c2ccccc2-c2c(-c3c4ccccc4c(-c4cccc5c4oc4ccc6ccccc6c45)c4ccccc34)cccc21. The molecule has 0 atom stereocenters. The molecule has 1 aliphatic rings. The van der Waals surface area contributed by atoms with E-state index in [0.29, 0.717) is 0 Å². The zero-order valence-electron chi connectivity index (χ0n) is 25.8. The quantitative estimate of drug-likeness (QED) is 0.184. The molecule has 0 fully saturated rings. The molecule has 1 nitrogen and oxygen atoms in total. The average Bonchev–Trinajstić information content (AvgIpc) is 3.60. The third-order valence-corrected chi connectivity index (χ3v) is 10.5. The summed E-state index contributed by atoms with van der Waals surface area (Å²) in [7, 11) is 0. The Kier molecular flexibility index (Phi) is 5.12. The fourth-order valence-corrected chi connectivity index (χ4v) is 8.44. The maximum absolute atomic E-state index is 6.78. The van der Waals surface area contributed by atoms with E-state index in [1.807, 2.05) is 0 Å². The molecule has 0 aliphatic heterocycles. The fraction of sp³-hybridized carbons (Fsp3) is 0.0667. The molecule has 0 amide bonds. The summed E-state index contributed by atoms with van der Waals surface area (Å²) in [6, 6.07) is 53.3. The highest BCUT2D eigenvalue weighted by Crippen LogP contribution is 2.54. The molecule has 10 rings (SSSR count). The maximum Gasteiger partial charge on any atom is 0.143 e. The molecule has 8 aromatic carbocycles. The number of hydrogen-bond donors (Lipinski definition) is 0. The summed E-state index contributed by atoms with van der Waals surface area (Å²) in [5.74, 6) is 0. The minimum atomic E-state index is -0.0609. The van der Waals surface area contributed by atoms with Gasteiger partial charge < -0.3 is 4.42 Å². The highest BCUT2D eigenvalue weighted by Gasteiger charge is 2.37. The van der Waals surface area contributed by atoms with E-state index in [2.05, 4.69) is 159 Å². The Morgan fingerprint density at radius 3 is 1.65 bits per heavy atom. The van der Waals surface area contributed by atoms with Gasteiger partial charge in [0.1, 0.15) is 11.2 Å². The lowest BCUT2D eigenvalue weighted by Gasteiger charge is -2.22. The number of hydrogen-bond acceptors (Lipinski definition) is 1. The fourth-order valence-electron chi connectivity index (χ4n) is 8.44. The van der Waals surface area contributed by atoms with Gasteiger partial charge in [0.15, 0.2) is 0 Å². The van der Waals surface area contributed by atoms with E-state index >= 15 is 0 Å². The second-order valence-corrected chi connectivity index (χ2v) is 13.2. The number of para-hydroxylation sites is 1. The topological polar surface area (TPSA) is 13.1 Å². The summed E-state index contributed by atoms with van der Waals surface area (Å²) >= 11 is 0. The summed E-state index contributed by atoms with van der Waals surface area (Å²) in [6.45, 7) is 4.72. The van der Waals surface area contributed by atoms with Crippen molar-refractivity contribution in [3.05, 3.63) is 157 Å². The molecule has 1 aromatic heterocycles. The summed E-state index contributed by atoms with van der Waals surface area (Å²) in [4.78, 5) is 0. The van der Waals surface area contributed by atoms with Crippen LogP contribution in [0.3, 0.4) is 0 Å². The van der Waals surface area contributed by atoms with Gasteiger partial charge in [-0.05, 0) is 71.8 Å². The second kappa shape index (κ2) is 9.19. The van der Waals surface area contributed by atoms with E-state index < -0.39 is 0 Å². The molecular weight excluding hydrogens is 556 g/mol. The van der Waals surface area contributed by atoms with Gasteiger partial charge in [-0.1, -0.05) is 153 Å². The average molecular weight is 587 g/mol. The molecule has 1 heterocycles. The maximum atomic E-state index is 6.78. The van der Waals surface area contributed by atoms with Crippen LogP contribution < -0.4 is 0 Å². The molecule has 0 radical (unpaired) electrons. The molecule has 1 aliphatic carbocycles. The van der Waals surface area contributed by atoms with E-state index in [1.54, 1.807) is 0 Å². The standard InChI is InChI=1S/C45H30O/c1-45(2)37-23-10-9-19-33(37)42-34(20-12-24-38(42)45)40-29-15-5-7-17-31(29)41(32-18-8-6-16-30(32)40)35-21-11-22-36-43-28-14-4-3-13-27(28)25-26-39(43)46-44(35)36/h3-26H,1-2H3. The lowest BCUT2D eigenvalue weighted by Crippen LogP contribution is -2.14. The molecule has 0 spiro atoms. The van der Waals surface area contributed by atoms with Crippen LogP contribution >= 0.6 is 0 Å². The summed E-state index contributed by atoms with van der Waals surface area (Å²) in [6.07, 6.45) is 0. The highest BCUT2D eigenvalue weighted by molar-refractivity contribution is 6.27. The second-order valence-electron chi connectivity index (χ2n) is 13.2. The summed E-state index contributed by atoms with van der Waals surface area (Å²) in [5, 5.41) is 9.76. The number of rotatable bonds is 2. The minimum absolute atomic E-state index is 0.0609. The Balaban J connectivity index is 1.34. The molecular formula is C45H30O. The first-order valence-corrected chi connectivity index (χ1v) is 16.1. The van der Waals surface area contributed by atoms with Gasteiger partial charge in [-0.25, -0.2) is 0 Å². The van der Waals surface area contributed by atoms with Crippen molar-refractivity contribution in [2.45, 2.75) is 19.3 Å². The predicted molar refractivity (Wildman–Crippen MR) is 195 cm³/mol. The van der Waals surface area contributed by atoms with E-state index in [-0.39, 0.29) is 5.41 Å². The molecule has 0 N–H and O–H groups in total. The molecule has 46 heavy (non-hydrogen) atoms. The van der Waals surface area contributed by atoms with Crippen LogP contribution in [0.25, 0.3) is 87.6 Å². The molecule has 1 heteroatoms. The first kappa shape index (κ1) is 25.6. The monoisotopic (exact) mass is 586 g/mol. The van der Waals surface area contributed by atoms with Crippen molar-refractivity contribution in [1.82, 2.24) is 0 Å². The Morgan fingerprint density at radius 1 is 0.391 bits per heavy atom. The highest BCUT2D eigenvalue weighted by atomic mass is 16.3. The van der Waals surface area contributed by atoms with Crippen LogP contribution in [0.15, 0.2) is 150 Å². The van der Waals surface area contributed by atoms with Crippen molar-refractivity contribution >= 4 is 54.3 Å². The largest absolute Gasteiger partial charge is 0.455 e. The van der Waals surface area contributed by atoms with Gasteiger partial charge in [-0.2, -0.15) is 0 Å². The number of furan rings is 1. The van der Waals surface area contributed by atoms with Crippen molar-refractivity contribution in [2.24, 2.45) is 0 Å². The van der Waals surface area contributed by atoms with Gasteiger partial charge in [-0.3, -0.25) is 0 Å². The lowest BCUT2D eigenvalue weighted by molar-refractivity contribution is 0.660. The Labute approximate surface area is 267 Å². The number of fused-ring (bicyclic) bond motifs is 10. The first-order chi connectivity index (χ1) is 22.6. The molecule has 9 aromatic rings. The van der Waals surface area contributed by atoms with Crippen LogP contribution in [-0.4, -0.2) is 0 Å². The van der Waals surface area contributed by atoms with E-state index in [4.69, 9.17) is 4.42 Å². The van der Waals surface area contributed by atoms with E-state index in [9.17, 15) is 0 Å². The van der Waals surface area contributed by atoms with Gasteiger partial charge in [0.05, 0.1) is 0 Å². The zero-order chi connectivity index (χ0) is 30.6. The van der Waals surface area contributed by atoms with Crippen LogP contribution in [0.4, 0.5) is 0 Å². The van der Waals surface area contributed by atoms with Crippen LogP contribution in [0, 0.1) is 0 Å². The summed E-state index contributed by atoms with van der Waals surface area (Å²) < 4.78 is 6.78. The Morgan fingerprint density at radius 2 is 0.913 bits per heavy atom. The molecule has 0 unspecified atom stereocenters. The smallest absolute Gasteiger partial charge is 0.143 e. The van der Waals surface area contributed by atoms with E-state index in [1.165, 1.54) is 76.6 Å². The molecule has 0 saturated heterocycles. The van der Waals surface area contributed by atoms with Crippen LogP contribution in [0.5, 0.6) is 0 Å². The minimum Gasteiger partial charge on any atom is -0.455 e. The van der Waals surface area contributed by atoms with Crippen molar-refractivity contribution in [2.75, 3.05) is 0 Å². The van der Waals surface area contributed by atoms with Gasteiger partial charge in [0.25, 0.3) is 0 Å². The molecule has 0 bridgehead atoms. The normalized spacial score (nSPS) is 13.6. The van der Waals surface area contributed by atoms with Gasteiger partial charge >= 0.3 is 0 Å². The van der Waals surface area contributed by atoms with Crippen molar-refractivity contribution in [1.29, 1.82) is 0 Å². The number of benzene rings is 8. The zero-order valence-corrected chi connectivity index (χ0v) is 25.8. The van der Waals surface area contributed by atoms with Crippen molar-refractivity contribution in [3.63, 3.8) is 0 Å². The van der Waals surface area contributed by atoms with Gasteiger partial charge in [-0.15, -0.1) is 0 Å². The van der Waals surface area contributed by atoms with Crippen LogP contribution in [-0.2, 0) is 5.41 Å². The third-order valence-electron chi connectivity index (χ3n) is 10.5. The Bertz CT molecular complexity index is 2660. The van der Waals surface area contributed by atoms with Gasteiger partial charge in [0, 0.05) is 27.3 Å². The van der Waals surface area contributed by atoms with Gasteiger partial charge in [0.2, 0.25) is 0 Å². The predicted octanol–water partition coefficient (Wildman–Crippen LogP) is 12.7.